The Labute approximate surface area is 173 Å². The van der Waals surface area contributed by atoms with Crippen molar-refractivity contribution in [2.45, 2.75) is 45.6 Å². The lowest BCUT2D eigenvalue weighted by molar-refractivity contribution is -0.145. The van der Waals surface area contributed by atoms with E-state index >= 15 is 8.78 Å². The summed E-state index contributed by atoms with van der Waals surface area (Å²) in [4.78, 5) is 29.6. The topological polar surface area (TPSA) is 73.7 Å². The average molecular weight is 423 g/mol. The summed E-state index contributed by atoms with van der Waals surface area (Å²) in [6, 6.07) is 0. The van der Waals surface area contributed by atoms with Crippen LogP contribution < -0.4 is 0 Å². The molecule has 7 nitrogen and oxygen atoms in total. The zero-order valence-electron chi connectivity index (χ0n) is 18.1. The highest BCUT2D eigenvalue weighted by Gasteiger charge is 2.35. The van der Waals surface area contributed by atoms with Crippen molar-refractivity contribution in [2.75, 3.05) is 20.7 Å². The van der Waals surface area contributed by atoms with Crippen LogP contribution >= 0.6 is 0 Å². The highest BCUT2D eigenvalue weighted by Crippen LogP contribution is 2.37. The van der Waals surface area contributed by atoms with Gasteiger partial charge in [-0.1, -0.05) is 0 Å². The summed E-state index contributed by atoms with van der Waals surface area (Å²) < 4.78 is 41.9. The number of carbonyl (C=O) groups is 2. The van der Waals surface area contributed by atoms with E-state index < -0.39 is 35.2 Å². The van der Waals surface area contributed by atoms with Gasteiger partial charge in [0.05, 0.1) is 13.0 Å². The number of halogens is 2. The molecule has 0 saturated heterocycles. The lowest BCUT2D eigenvalue weighted by Gasteiger charge is -2.24. The number of hydrogen-bond acceptors (Lipinski definition) is 5. The number of esters is 1. The standard InChI is InChI=1S/C21H27F2N3O4/c1-21(2,3)30-20(28)25(4)8-7-14-24-17-15(22)12-9-11(19(27)29-6)10-13(12)16(23)18(17)26(14)5/h11H,7-10H2,1-6H3. The third-order valence-corrected chi connectivity index (χ3v) is 5.31. The Hall–Kier alpha value is -2.71. The number of rotatable bonds is 4. The Morgan fingerprint density at radius 2 is 1.80 bits per heavy atom. The van der Waals surface area contributed by atoms with Gasteiger partial charge in [-0.05, 0) is 44.7 Å². The molecule has 30 heavy (non-hydrogen) atoms. The van der Waals surface area contributed by atoms with Gasteiger partial charge in [0.1, 0.15) is 22.5 Å². The van der Waals surface area contributed by atoms with Crippen LogP contribution in [0.1, 0.15) is 37.7 Å². The lowest BCUT2D eigenvalue weighted by Crippen LogP contribution is -2.35. The fourth-order valence-electron chi connectivity index (χ4n) is 3.75. The molecule has 1 aliphatic rings. The largest absolute Gasteiger partial charge is 0.469 e. The van der Waals surface area contributed by atoms with Gasteiger partial charge in [-0.15, -0.1) is 0 Å². The molecular weight excluding hydrogens is 396 g/mol. The summed E-state index contributed by atoms with van der Waals surface area (Å²) >= 11 is 0. The maximum Gasteiger partial charge on any atom is 0.410 e. The minimum atomic E-state index is -0.613. The molecule has 1 aliphatic carbocycles. The van der Waals surface area contributed by atoms with Crippen LogP contribution in [0.15, 0.2) is 0 Å². The van der Waals surface area contributed by atoms with Crippen LogP contribution in [0.2, 0.25) is 0 Å². The van der Waals surface area contributed by atoms with Gasteiger partial charge in [0, 0.05) is 27.1 Å². The van der Waals surface area contributed by atoms with Gasteiger partial charge in [0.2, 0.25) is 0 Å². The number of amides is 1. The SMILES string of the molecule is COC(=O)C1Cc2c(c(F)c3c(nc(CCN(C)C(=O)OC(C)(C)C)n3C)c2F)C1. The van der Waals surface area contributed by atoms with Crippen LogP contribution in [0.4, 0.5) is 13.6 Å². The number of ether oxygens (including phenoxy) is 2. The molecule has 164 valence electrons. The molecule has 1 aromatic heterocycles. The third-order valence-electron chi connectivity index (χ3n) is 5.31. The highest BCUT2D eigenvalue weighted by molar-refractivity contribution is 5.82. The fourth-order valence-corrected chi connectivity index (χ4v) is 3.75. The molecule has 2 aromatic rings. The van der Waals surface area contributed by atoms with E-state index in [1.54, 1.807) is 34.9 Å². The van der Waals surface area contributed by atoms with Gasteiger partial charge in [0.15, 0.2) is 11.6 Å². The molecule has 1 amide bonds. The number of likely N-dealkylation sites (N-methyl/N-ethyl adjacent to an activating group) is 1. The van der Waals surface area contributed by atoms with Gasteiger partial charge < -0.3 is 18.9 Å². The van der Waals surface area contributed by atoms with E-state index in [2.05, 4.69) is 4.98 Å². The molecule has 0 fully saturated rings. The van der Waals surface area contributed by atoms with E-state index in [1.165, 1.54) is 16.6 Å². The summed E-state index contributed by atoms with van der Waals surface area (Å²) in [5, 5.41) is 0. The number of carbonyl (C=O) groups excluding carboxylic acids is 2. The summed E-state index contributed by atoms with van der Waals surface area (Å²) in [6.07, 6.45) is 0.0118. The second-order valence-corrected chi connectivity index (χ2v) is 8.65. The van der Waals surface area contributed by atoms with Crippen LogP contribution in [0.3, 0.4) is 0 Å². The number of benzene rings is 1. The predicted molar refractivity (Wildman–Crippen MR) is 106 cm³/mol. The maximum atomic E-state index is 15.2. The monoisotopic (exact) mass is 423 g/mol. The normalized spacial score (nSPS) is 15.9. The molecule has 0 aliphatic heterocycles. The van der Waals surface area contributed by atoms with Gasteiger partial charge in [-0.2, -0.15) is 0 Å². The number of nitrogens with zero attached hydrogens (tertiary/aromatic N) is 3. The van der Waals surface area contributed by atoms with Gasteiger partial charge >= 0.3 is 12.1 Å². The molecule has 0 N–H and O–H groups in total. The Balaban J connectivity index is 1.86. The molecule has 0 saturated carbocycles. The zero-order chi connectivity index (χ0) is 22.4. The molecule has 1 heterocycles. The first-order valence-electron chi connectivity index (χ1n) is 9.80. The molecule has 1 atom stereocenters. The van der Waals surface area contributed by atoms with E-state index in [9.17, 15) is 9.59 Å². The van der Waals surface area contributed by atoms with E-state index in [-0.39, 0.29) is 41.5 Å². The quantitative estimate of drug-likeness (QED) is 0.707. The van der Waals surface area contributed by atoms with Crippen molar-refractivity contribution >= 4 is 23.1 Å². The van der Waals surface area contributed by atoms with Crippen molar-refractivity contribution in [3.63, 3.8) is 0 Å². The average Bonchev–Trinajstić information content (AvgIpc) is 3.25. The Morgan fingerprint density at radius 3 is 2.37 bits per heavy atom. The summed E-state index contributed by atoms with van der Waals surface area (Å²) in [5.41, 5.74) is -0.222. The first-order valence-corrected chi connectivity index (χ1v) is 9.80. The summed E-state index contributed by atoms with van der Waals surface area (Å²) in [5.74, 6) is -1.78. The molecule has 1 unspecified atom stereocenters. The van der Waals surface area contributed by atoms with E-state index in [1.807, 2.05) is 0 Å². The lowest BCUT2D eigenvalue weighted by atomic mass is 10.1. The zero-order valence-corrected chi connectivity index (χ0v) is 18.1. The summed E-state index contributed by atoms with van der Waals surface area (Å²) in [7, 11) is 4.47. The van der Waals surface area contributed by atoms with E-state index in [4.69, 9.17) is 9.47 Å². The fraction of sp³-hybridized carbons (Fsp3) is 0.571. The van der Waals surface area contributed by atoms with E-state index in [0.29, 0.717) is 12.2 Å². The maximum absolute atomic E-state index is 15.2. The molecule has 1 aromatic carbocycles. The first-order chi connectivity index (χ1) is 13.9. The minimum absolute atomic E-state index is 0.0609. The second-order valence-electron chi connectivity index (χ2n) is 8.65. The van der Waals surface area contributed by atoms with Crippen LogP contribution in [-0.2, 0) is 40.6 Å². The smallest absolute Gasteiger partial charge is 0.410 e. The molecule has 0 spiro atoms. The number of methoxy groups -OCH3 is 1. The minimum Gasteiger partial charge on any atom is -0.469 e. The first kappa shape index (κ1) is 22.0. The number of imidazole rings is 1. The van der Waals surface area contributed by atoms with Crippen molar-refractivity contribution in [1.82, 2.24) is 14.5 Å². The Morgan fingerprint density at radius 1 is 1.20 bits per heavy atom. The van der Waals surface area contributed by atoms with Gasteiger partial charge in [-0.25, -0.2) is 18.6 Å². The van der Waals surface area contributed by atoms with Crippen molar-refractivity contribution in [3.05, 3.63) is 28.6 Å². The van der Waals surface area contributed by atoms with Crippen LogP contribution in [0.25, 0.3) is 11.0 Å². The van der Waals surface area contributed by atoms with Crippen LogP contribution in [-0.4, -0.2) is 52.8 Å². The molecule has 9 heteroatoms. The summed E-state index contributed by atoms with van der Waals surface area (Å²) in [6.45, 7) is 5.61. The van der Waals surface area contributed by atoms with Crippen molar-refractivity contribution in [2.24, 2.45) is 13.0 Å². The number of aryl methyl sites for hydroxylation is 1. The van der Waals surface area contributed by atoms with Crippen molar-refractivity contribution < 1.29 is 27.8 Å². The third kappa shape index (κ3) is 3.97. The Kier molecular flexibility index (Phi) is 5.75. The highest BCUT2D eigenvalue weighted by atomic mass is 19.1. The Bertz CT molecular complexity index is 1010. The molecule has 0 bridgehead atoms. The molecular formula is C21H27F2N3O4. The van der Waals surface area contributed by atoms with Crippen molar-refractivity contribution in [1.29, 1.82) is 0 Å². The number of aromatic nitrogens is 2. The second kappa shape index (κ2) is 7.85. The van der Waals surface area contributed by atoms with Crippen molar-refractivity contribution in [3.8, 4) is 0 Å². The molecule has 0 radical (unpaired) electrons. The van der Waals surface area contributed by atoms with Gasteiger partial charge in [0.25, 0.3) is 0 Å². The number of fused-ring (bicyclic) bond motifs is 2. The predicted octanol–water partition coefficient (Wildman–Crippen LogP) is 3.15. The number of hydrogen-bond donors (Lipinski definition) is 0. The van der Waals surface area contributed by atoms with Crippen LogP contribution in [0.5, 0.6) is 0 Å². The van der Waals surface area contributed by atoms with Gasteiger partial charge in [-0.3, -0.25) is 4.79 Å². The van der Waals surface area contributed by atoms with E-state index in [0.717, 1.165) is 0 Å². The van der Waals surface area contributed by atoms with Crippen LogP contribution in [0, 0.1) is 17.6 Å². The molecule has 3 rings (SSSR count).